The molecule has 48 heavy (non-hydrogen) atoms. The Kier molecular flexibility index (Phi) is 7.02. The minimum absolute atomic E-state index is 0.228. The molecule has 0 spiro atoms. The van der Waals surface area contributed by atoms with Crippen LogP contribution >= 0.6 is 11.3 Å². The van der Waals surface area contributed by atoms with Gasteiger partial charge in [0.15, 0.2) is 17.5 Å². The highest BCUT2D eigenvalue weighted by Crippen LogP contribution is 2.41. The Morgan fingerprint density at radius 1 is 0.542 bits per heavy atom. The molecule has 228 valence electrons. The van der Waals surface area contributed by atoms with Crippen LogP contribution < -0.4 is 0 Å². The van der Waals surface area contributed by atoms with Gasteiger partial charge in [0.1, 0.15) is 0 Å². The fourth-order valence-corrected chi connectivity index (χ4v) is 8.17. The summed E-state index contributed by atoms with van der Waals surface area (Å²) in [6.07, 6.45) is 6.80. The van der Waals surface area contributed by atoms with E-state index >= 15 is 0 Å². The fraction of sp³-hybridized carbons (Fsp3) is 0.0682. The van der Waals surface area contributed by atoms with E-state index < -0.39 is 0 Å². The highest BCUT2D eigenvalue weighted by atomic mass is 32.1. The number of hydrogen-bond donors (Lipinski definition) is 0. The summed E-state index contributed by atoms with van der Waals surface area (Å²) >= 11 is 1.80. The minimum atomic E-state index is 0.228. The van der Waals surface area contributed by atoms with E-state index in [-0.39, 0.29) is 5.92 Å². The lowest BCUT2D eigenvalue weighted by atomic mass is 9.82. The second-order valence-electron chi connectivity index (χ2n) is 12.5. The van der Waals surface area contributed by atoms with E-state index in [1.165, 1.54) is 36.5 Å². The first-order valence-corrected chi connectivity index (χ1v) is 17.2. The first kappa shape index (κ1) is 28.5. The molecule has 0 N–H and O–H groups in total. The summed E-state index contributed by atoms with van der Waals surface area (Å²) in [4.78, 5) is 15.7. The minimum Gasteiger partial charge on any atom is -0.208 e. The maximum Gasteiger partial charge on any atom is 0.165 e. The van der Waals surface area contributed by atoms with E-state index in [0.717, 1.165) is 27.8 Å². The first-order chi connectivity index (χ1) is 23.7. The molecule has 2 atom stereocenters. The van der Waals surface area contributed by atoms with Crippen LogP contribution in [0.4, 0.5) is 0 Å². The highest BCUT2D eigenvalue weighted by Gasteiger charge is 2.23. The molecule has 2 unspecified atom stereocenters. The second-order valence-corrected chi connectivity index (χ2v) is 13.5. The normalized spacial score (nSPS) is 16.1. The molecule has 0 fully saturated rings. The van der Waals surface area contributed by atoms with Crippen LogP contribution in [0.1, 0.15) is 24.2 Å². The standard InChI is InChI=1S/C44H31N3S/c1-28-22-23-33(27-39(28)30-13-3-2-4-14-30)42-45-43(37-18-8-7-16-34(37)32-25-24-29-12-5-6-15-31(29)26-32)47-44(46-42)38-20-11-19-36-35-17-9-10-21-40(35)48-41(36)38/h2-28,39H,1H3. The van der Waals surface area contributed by atoms with Gasteiger partial charge in [0.25, 0.3) is 0 Å². The van der Waals surface area contributed by atoms with Gasteiger partial charge >= 0.3 is 0 Å². The summed E-state index contributed by atoms with van der Waals surface area (Å²) in [5.41, 5.74) is 6.53. The van der Waals surface area contributed by atoms with Crippen molar-refractivity contribution >= 4 is 47.9 Å². The summed E-state index contributed by atoms with van der Waals surface area (Å²) in [5.74, 6) is 2.62. The van der Waals surface area contributed by atoms with Crippen molar-refractivity contribution in [3.05, 3.63) is 169 Å². The summed E-state index contributed by atoms with van der Waals surface area (Å²) in [7, 11) is 0. The lowest BCUT2D eigenvalue weighted by molar-refractivity contribution is 0.637. The van der Waals surface area contributed by atoms with Crippen molar-refractivity contribution in [2.75, 3.05) is 0 Å². The molecule has 0 saturated carbocycles. The van der Waals surface area contributed by atoms with E-state index in [9.17, 15) is 0 Å². The lowest BCUT2D eigenvalue weighted by Crippen LogP contribution is -2.11. The van der Waals surface area contributed by atoms with Gasteiger partial charge in [0, 0.05) is 42.8 Å². The van der Waals surface area contributed by atoms with E-state index in [4.69, 9.17) is 15.0 Å². The number of benzene rings is 6. The van der Waals surface area contributed by atoms with E-state index in [2.05, 4.69) is 165 Å². The number of allylic oxidation sites excluding steroid dienone is 4. The number of fused-ring (bicyclic) bond motifs is 4. The van der Waals surface area contributed by atoms with Gasteiger partial charge in [-0.1, -0.05) is 146 Å². The molecule has 1 aliphatic rings. The van der Waals surface area contributed by atoms with E-state index in [1.807, 2.05) is 0 Å². The van der Waals surface area contributed by atoms with Gasteiger partial charge in [0.2, 0.25) is 0 Å². The zero-order chi connectivity index (χ0) is 32.0. The molecule has 3 nitrogen and oxygen atoms in total. The maximum atomic E-state index is 5.26. The van der Waals surface area contributed by atoms with Crippen molar-refractivity contribution in [2.24, 2.45) is 5.92 Å². The van der Waals surface area contributed by atoms with Gasteiger partial charge in [-0.2, -0.15) is 0 Å². The molecule has 8 aromatic rings. The van der Waals surface area contributed by atoms with Crippen LogP contribution in [-0.4, -0.2) is 15.0 Å². The number of nitrogens with zero attached hydrogens (tertiary/aromatic N) is 3. The SMILES string of the molecule is CC1C=CC(c2nc(-c3ccccc3-c3ccc4ccccc4c3)nc(-c3cccc4c3sc3ccccc34)n2)=CC1c1ccccc1. The Balaban J connectivity index is 1.27. The third kappa shape index (κ3) is 5.02. The molecule has 2 aromatic heterocycles. The smallest absolute Gasteiger partial charge is 0.165 e. The predicted molar refractivity (Wildman–Crippen MR) is 202 cm³/mol. The van der Waals surface area contributed by atoms with Crippen molar-refractivity contribution < 1.29 is 0 Å². The Morgan fingerprint density at radius 2 is 1.21 bits per heavy atom. The maximum absolute atomic E-state index is 5.26. The molecule has 9 rings (SSSR count). The molecule has 1 aliphatic carbocycles. The summed E-state index contributed by atoms with van der Waals surface area (Å²) in [6.45, 7) is 2.27. The van der Waals surface area contributed by atoms with Crippen molar-refractivity contribution in [2.45, 2.75) is 12.8 Å². The summed E-state index contributed by atoms with van der Waals surface area (Å²) in [6, 6.07) is 49.4. The molecule has 4 heteroatoms. The van der Waals surface area contributed by atoms with Crippen LogP contribution in [0.3, 0.4) is 0 Å². The number of aromatic nitrogens is 3. The van der Waals surface area contributed by atoms with Gasteiger partial charge in [-0.3, -0.25) is 0 Å². The summed E-state index contributed by atoms with van der Waals surface area (Å²) in [5, 5.41) is 4.91. The Labute approximate surface area is 283 Å². The number of hydrogen-bond acceptors (Lipinski definition) is 4. The largest absolute Gasteiger partial charge is 0.208 e. The van der Waals surface area contributed by atoms with Crippen LogP contribution in [0, 0.1) is 5.92 Å². The van der Waals surface area contributed by atoms with Gasteiger partial charge in [-0.25, -0.2) is 15.0 Å². The third-order valence-electron chi connectivity index (χ3n) is 9.46. The van der Waals surface area contributed by atoms with Gasteiger partial charge in [-0.05, 0) is 51.6 Å². The second kappa shape index (κ2) is 11.8. The first-order valence-electron chi connectivity index (χ1n) is 16.4. The summed E-state index contributed by atoms with van der Waals surface area (Å²) < 4.78 is 2.45. The molecule has 0 bridgehead atoms. The zero-order valence-corrected chi connectivity index (χ0v) is 27.2. The molecule has 6 aromatic carbocycles. The Morgan fingerprint density at radius 3 is 2.08 bits per heavy atom. The van der Waals surface area contributed by atoms with E-state index in [1.54, 1.807) is 11.3 Å². The van der Waals surface area contributed by atoms with Crippen LogP contribution in [0.15, 0.2) is 158 Å². The quantitative estimate of drug-likeness (QED) is 0.189. The average Bonchev–Trinajstić information content (AvgIpc) is 3.54. The van der Waals surface area contributed by atoms with Crippen molar-refractivity contribution in [1.82, 2.24) is 15.0 Å². The average molecular weight is 634 g/mol. The molecule has 0 radical (unpaired) electrons. The Bertz CT molecular complexity index is 2540. The van der Waals surface area contributed by atoms with Crippen molar-refractivity contribution in [3.8, 4) is 33.9 Å². The number of rotatable bonds is 5. The molecular formula is C44H31N3S. The van der Waals surface area contributed by atoms with E-state index in [0.29, 0.717) is 23.4 Å². The van der Waals surface area contributed by atoms with Gasteiger partial charge in [0.05, 0.1) is 0 Å². The molecule has 2 heterocycles. The van der Waals surface area contributed by atoms with Gasteiger partial charge in [-0.15, -0.1) is 11.3 Å². The van der Waals surface area contributed by atoms with Crippen molar-refractivity contribution in [1.29, 1.82) is 0 Å². The van der Waals surface area contributed by atoms with Crippen LogP contribution in [0.25, 0.3) is 70.4 Å². The molecular weight excluding hydrogens is 603 g/mol. The van der Waals surface area contributed by atoms with Crippen molar-refractivity contribution in [3.63, 3.8) is 0 Å². The molecule has 0 aliphatic heterocycles. The topological polar surface area (TPSA) is 38.7 Å². The molecule has 0 amide bonds. The monoisotopic (exact) mass is 633 g/mol. The van der Waals surface area contributed by atoms with Crippen LogP contribution in [0.2, 0.25) is 0 Å². The fourth-order valence-electron chi connectivity index (χ4n) is 6.96. The zero-order valence-electron chi connectivity index (χ0n) is 26.4. The molecule has 0 saturated heterocycles. The lowest BCUT2D eigenvalue weighted by Gasteiger charge is -2.23. The third-order valence-corrected chi connectivity index (χ3v) is 10.7. The van der Waals surface area contributed by atoms with Crippen LogP contribution in [0.5, 0.6) is 0 Å². The number of thiophene rings is 1. The highest BCUT2D eigenvalue weighted by molar-refractivity contribution is 7.26. The Hall–Kier alpha value is -5.71. The van der Waals surface area contributed by atoms with Crippen LogP contribution in [-0.2, 0) is 0 Å². The van der Waals surface area contributed by atoms with Gasteiger partial charge < -0.3 is 0 Å². The predicted octanol–water partition coefficient (Wildman–Crippen LogP) is 11.8.